The summed E-state index contributed by atoms with van der Waals surface area (Å²) in [6, 6.07) is 23.5. The molecule has 0 fully saturated rings. The molecular formula is C31H36N4O2. The second kappa shape index (κ2) is 11.0. The standard InChI is InChI=1S/C31H36N4O2/c1-6-7-18-34(30(37)25-17-16-23-13-9-10-14-24(23)19-25)21-29(36)32-28-20-27(31(3,4)5)33-35(28)26-15-11-8-12-22(26)2/h8-17,19-20H,6-7,18,21H2,1-5H3,(H,32,36). The highest BCUT2D eigenvalue weighted by Crippen LogP contribution is 2.27. The largest absolute Gasteiger partial charge is 0.329 e. The van der Waals surface area contributed by atoms with E-state index in [0.717, 1.165) is 40.6 Å². The van der Waals surface area contributed by atoms with E-state index in [1.807, 2.05) is 79.7 Å². The van der Waals surface area contributed by atoms with E-state index in [4.69, 9.17) is 5.10 Å². The van der Waals surface area contributed by atoms with Gasteiger partial charge < -0.3 is 10.2 Å². The van der Waals surface area contributed by atoms with Gasteiger partial charge >= 0.3 is 0 Å². The third-order valence-corrected chi connectivity index (χ3v) is 6.49. The van der Waals surface area contributed by atoms with Gasteiger partial charge in [0.2, 0.25) is 5.91 Å². The van der Waals surface area contributed by atoms with E-state index in [0.29, 0.717) is 17.9 Å². The summed E-state index contributed by atoms with van der Waals surface area (Å²) in [7, 11) is 0. The van der Waals surface area contributed by atoms with Gasteiger partial charge in [0.05, 0.1) is 11.4 Å². The Labute approximate surface area is 219 Å². The molecule has 1 aromatic heterocycles. The zero-order valence-electron chi connectivity index (χ0n) is 22.4. The number of aryl methyl sites for hydroxylation is 1. The molecule has 1 heterocycles. The molecule has 0 saturated heterocycles. The van der Waals surface area contributed by atoms with E-state index in [1.165, 1.54) is 0 Å². The maximum Gasteiger partial charge on any atom is 0.254 e. The van der Waals surface area contributed by atoms with Crippen molar-refractivity contribution in [2.75, 3.05) is 18.4 Å². The molecule has 3 aromatic carbocycles. The Bertz CT molecular complexity index is 1410. The van der Waals surface area contributed by atoms with Crippen molar-refractivity contribution in [3.63, 3.8) is 0 Å². The van der Waals surface area contributed by atoms with Crippen LogP contribution < -0.4 is 5.32 Å². The summed E-state index contributed by atoms with van der Waals surface area (Å²) in [6.45, 7) is 10.9. The van der Waals surface area contributed by atoms with Crippen LogP contribution in [0.3, 0.4) is 0 Å². The van der Waals surface area contributed by atoms with E-state index in [9.17, 15) is 9.59 Å². The number of hydrogen-bond donors (Lipinski definition) is 1. The molecule has 0 unspecified atom stereocenters. The predicted octanol–water partition coefficient (Wildman–Crippen LogP) is 6.51. The van der Waals surface area contributed by atoms with Gasteiger partial charge in [-0.05, 0) is 47.9 Å². The monoisotopic (exact) mass is 496 g/mol. The Morgan fingerprint density at radius 3 is 2.35 bits per heavy atom. The van der Waals surface area contributed by atoms with Crippen molar-refractivity contribution >= 4 is 28.4 Å². The minimum absolute atomic E-state index is 0.0323. The second-order valence-corrected chi connectivity index (χ2v) is 10.6. The SMILES string of the molecule is CCCCN(CC(=O)Nc1cc(C(C)(C)C)nn1-c1ccccc1C)C(=O)c1ccc2ccccc2c1. The Hall–Kier alpha value is -3.93. The number of benzene rings is 3. The molecule has 4 rings (SSSR count). The van der Waals surface area contributed by atoms with Crippen LogP contribution in [-0.4, -0.2) is 39.6 Å². The molecule has 1 N–H and O–H groups in total. The normalized spacial score (nSPS) is 11.5. The Morgan fingerprint density at radius 1 is 0.946 bits per heavy atom. The van der Waals surface area contributed by atoms with Crippen LogP contribution in [0.15, 0.2) is 72.8 Å². The van der Waals surface area contributed by atoms with Crippen LogP contribution in [-0.2, 0) is 10.2 Å². The average Bonchev–Trinajstić information content (AvgIpc) is 3.30. The molecule has 0 radical (unpaired) electrons. The first-order chi connectivity index (χ1) is 17.7. The minimum atomic E-state index is -0.250. The van der Waals surface area contributed by atoms with E-state index in [2.05, 4.69) is 33.0 Å². The predicted molar refractivity (Wildman–Crippen MR) is 150 cm³/mol. The highest BCUT2D eigenvalue weighted by Gasteiger charge is 2.24. The summed E-state index contributed by atoms with van der Waals surface area (Å²) in [5.74, 6) is 0.204. The van der Waals surface area contributed by atoms with Crippen molar-refractivity contribution in [1.29, 1.82) is 0 Å². The lowest BCUT2D eigenvalue weighted by Crippen LogP contribution is -2.39. The number of fused-ring (bicyclic) bond motifs is 1. The van der Waals surface area contributed by atoms with Gasteiger partial charge in [-0.3, -0.25) is 9.59 Å². The molecule has 192 valence electrons. The molecule has 0 aliphatic heterocycles. The van der Waals surface area contributed by atoms with Crippen molar-refractivity contribution in [3.05, 3.63) is 89.6 Å². The number of para-hydroxylation sites is 1. The van der Waals surface area contributed by atoms with E-state index in [1.54, 1.807) is 9.58 Å². The molecule has 2 amide bonds. The van der Waals surface area contributed by atoms with Crippen molar-refractivity contribution in [2.45, 2.75) is 52.9 Å². The van der Waals surface area contributed by atoms with Gasteiger partial charge in [0.15, 0.2) is 0 Å². The number of unbranched alkanes of at least 4 members (excludes halogenated alkanes) is 1. The molecule has 0 aliphatic carbocycles. The van der Waals surface area contributed by atoms with Crippen LogP contribution in [0.2, 0.25) is 0 Å². The fraction of sp³-hybridized carbons (Fsp3) is 0.323. The van der Waals surface area contributed by atoms with Crippen molar-refractivity contribution in [2.24, 2.45) is 0 Å². The minimum Gasteiger partial charge on any atom is -0.329 e. The molecule has 37 heavy (non-hydrogen) atoms. The van der Waals surface area contributed by atoms with Crippen molar-refractivity contribution < 1.29 is 9.59 Å². The molecular weight excluding hydrogens is 460 g/mol. The lowest BCUT2D eigenvalue weighted by atomic mass is 9.92. The van der Waals surface area contributed by atoms with Crippen LogP contribution in [0.1, 0.15) is 62.2 Å². The molecule has 0 saturated carbocycles. The number of amides is 2. The fourth-order valence-electron chi connectivity index (χ4n) is 4.28. The molecule has 4 aromatic rings. The van der Waals surface area contributed by atoms with E-state index >= 15 is 0 Å². The maximum absolute atomic E-state index is 13.5. The Morgan fingerprint density at radius 2 is 1.65 bits per heavy atom. The first kappa shape index (κ1) is 26.1. The Balaban J connectivity index is 1.59. The highest BCUT2D eigenvalue weighted by atomic mass is 16.2. The number of carbonyl (C=O) groups excluding carboxylic acids is 2. The number of aromatic nitrogens is 2. The molecule has 0 bridgehead atoms. The zero-order valence-corrected chi connectivity index (χ0v) is 22.4. The Kier molecular flexibility index (Phi) is 7.77. The van der Waals surface area contributed by atoms with Gasteiger partial charge in [0.25, 0.3) is 5.91 Å². The summed E-state index contributed by atoms with van der Waals surface area (Å²) in [5.41, 5.74) is 3.23. The molecule has 0 atom stereocenters. The number of nitrogens with one attached hydrogen (secondary N) is 1. The van der Waals surface area contributed by atoms with E-state index in [-0.39, 0.29) is 23.8 Å². The summed E-state index contributed by atoms with van der Waals surface area (Å²) in [6.07, 6.45) is 1.75. The van der Waals surface area contributed by atoms with Crippen LogP contribution in [0.4, 0.5) is 5.82 Å². The van der Waals surface area contributed by atoms with Crippen molar-refractivity contribution in [3.8, 4) is 5.69 Å². The topological polar surface area (TPSA) is 67.2 Å². The average molecular weight is 497 g/mol. The van der Waals surface area contributed by atoms with Crippen LogP contribution in [0.5, 0.6) is 0 Å². The van der Waals surface area contributed by atoms with Gasteiger partial charge in [-0.2, -0.15) is 5.10 Å². The molecule has 0 spiro atoms. The fourth-order valence-corrected chi connectivity index (χ4v) is 4.28. The molecule has 6 heteroatoms. The highest BCUT2D eigenvalue weighted by molar-refractivity contribution is 6.01. The summed E-state index contributed by atoms with van der Waals surface area (Å²) in [5, 5.41) is 9.95. The van der Waals surface area contributed by atoms with Gasteiger partial charge in [-0.1, -0.05) is 82.6 Å². The summed E-state index contributed by atoms with van der Waals surface area (Å²) < 4.78 is 1.79. The van der Waals surface area contributed by atoms with Gasteiger partial charge in [-0.25, -0.2) is 4.68 Å². The van der Waals surface area contributed by atoms with Gasteiger partial charge in [-0.15, -0.1) is 0 Å². The third kappa shape index (κ3) is 6.08. The smallest absolute Gasteiger partial charge is 0.254 e. The molecule has 6 nitrogen and oxygen atoms in total. The van der Waals surface area contributed by atoms with E-state index < -0.39 is 0 Å². The zero-order chi connectivity index (χ0) is 26.6. The lowest BCUT2D eigenvalue weighted by Gasteiger charge is -2.22. The van der Waals surface area contributed by atoms with Gasteiger partial charge in [0, 0.05) is 23.6 Å². The number of rotatable bonds is 8. The number of hydrogen-bond acceptors (Lipinski definition) is 3. The van der Waals surface area contributed by atoms with Crippen molar-refractivity contribution in [1.82, 2.24) is 14.7 Å². The maximum atomic E-state index is 13.5. The lowest BCUT2D eigenvalue weighted by molar-refractivity contribution is -0.117. The van der Waals surface area contributed by atoms with Crippen LogP contribution in [0.25, 0.3) is 16.5 Å². The number of carbonyl (C=O) groups is 2. The van der Waals surface area contributed by atoms with Crippen LogP contribution in [0, 0.1) is 6.92 Å². The second-order valence-electron chi connectivity index (χ2n) is 10.6. The number of anilines is 1. The quantitative estimate of drug-likeness (QED) is 0.302. The first-order valence-corrected chi connectivity index (χ1v) is 12.9. The number of nitrogens with zero attached hydrogens (tertiary/aromatic N) is 3. The van der Waals surface area contributed by atoms with Gasteiger partial charge in [0.1, 0.15) is 12.4 Å². The summed E-state index contributed by atoms with van der Waals surface area (Å²) in [4.78, 5) is 28.4. The van der Waals surface area contributed by atoms with Crippen LogP contribution >= 0.6 is 0 Å². The molecule has 0 aliphatic rings. The summed E-state index contributed by atoms with van der Waals surface area (Å²) >= 11 is 0. The third-order valence-electron chi connectivity index (χ3n) is 6.49. The first-order valence-electron chi connectivity index (χ1n) is 12.9.